The van der Waals surface area contributed by atoms with E-state index in [1.165, 1.54) is 18.7 Å². The van der Waals surface area contributed by atoms with E-state index in [1.807, 2.05) is 127 Å². The number of carbonyl (C=O) groups excluding carboxylic acids is 2. The molecule has 0 saturated carbocycles. The molecule has 0 bridgehead atoms. The second kappa shape index (κ2) is 14.6. The number of hydrogen-bond acceptors (Lipinski definition) is 5. The van der Waals surface area contributed by atoms with Crippen molar-refractivity contribution >= 4 is 29.7 Å². The lowest BCUT2D eigenvalue weighted by Gasteiger charge is -2.36. The molecule has 7 nitrogen and oxygen atoms in total. The zero-order valence-corrected chi connectivity index (χ0v) is 27.2. The Morgan fingerprint density at radius 2 is 1.12 bits per heavy atom. The number of carboxylic acid groups (broad SMARTS) is 1. The number of alkyl carbamates (subject to hydrolysis) is 1. The van der Waals surface area contributed by atoms with Gasteiger partial charge in [-0.2, -0.15) is 0 Å². The van der Waals surface area contributed by atoms with Gasteiger partial charge >= 0.3 is 12.1 Å². The molecule has 3 N–H and O–H groups in total. The smallest absolute Gasteiger partial charge is 0.407 e. The lowest BCUT2D eigenvalue weighted by atomic mass is 9.84. The van der Waals surface area contributed by atoms with Crippen LogP contribution in [0.15, 0.2) is 140 Å². The number of fused-ring (bicyclic) bond motifs is 3. The second-order valence-electron chi connectivity index (χ2n) is 11.7. The number of carboxylic acids is 1. The van der Waals surface area contributed by atoms with Crippen LogP contribution in [0.4, 0.5) is 4.79 Å². The lowest BCUT2D eigenvalue weighted by molar-refractivity contribution is -0.141. The monoisotopic (exact) mass is 656 g/mol. The van der Waals surface area contributed by atoms with Crippen LogP contribution in [0.5, 0.6) is 0 Å². The first-order valence-corrected chi connectivity index (χ1v) is 16.8. The van der Waals surface area contributed by atoms with E-state index in [1.54, 1.807) is 0 Å². The highest BCUT2D eigenvalue weighted by Crippen LogP contribution is 2.49. The first-order valence-electron chi connectivity index (χ1n) is 15.8. The zero-order valence-electron chi connectivity index (χ0n) is 26.4. The van der Waals surface area contributed by atoms with Crippen molar-refractivity contribution in [3.05, 3.63) is 167 Å². The van der Waals surface area contributed by atoms with Crippen LogP contribution < -0.4 is 10.6 Å². The summed E-state index contributed by atoms with van der Waals surface area (Å²) in [6.07, 6.45) is -0.753. The number of amides is 2. The average Bonchev–Trinajstić information content (AvgIpc) is 3.45. The molecule has 1 aliphatic rings. The molecular weight excluding hydrogens is 621 g/mol. The van der Waals surface area contributed by atoms with Gasteiger partial charge < -0.3 is 20.5 Å². The van der Waals surface area contributed by atoms with Gasteiger partial charge in [-0.15, -0.1) is 11.8 Å². The summed E-state index contributed by atoms with van der Waals surface area (Å²) >= 11 is 1.44. The SMILES string of the molecule is C[C@H](NC(=O)OCC1c2ccccc2-c2ccccc21)C(=O)N[C@@H](CSC(c1ccccc1)(c1ccccc1)c1ccccc1)C(=O)O. The van der Waals surface area contributed by atoms with E-state index in [2.05, 4.69) is 22.8 Å². The Kier molecular flexibility index (Phi) is 9.92. The van der Waals surface area contributed by atoms with Crippen LogP contribution in [-0.2, 0) is 19.1 Å². The maximum atomic E-state index is 13.3. The molecule has 0 spiro atoms. The normalized spacial score (nSPS) is 13.4. The minimum atomic E-state index is -1.23. The van der Waals surface area contributed by atoms with Crippen molar-refractivity contribution in [3.63, 3.8) is 0 Å². The molecule has 0 radical (unpaired) electrons. The van der Waals surface area contributed by atoms with Crippen molar-refractivity contribution in [1.29, 1.82) is 0 Å². The van der Waals surface area contributed by atoms with Crippen LogP contribution in [0.1, 0.15) is 40.7 Å². The number of carbonyl (C=O) groups is 3. The van der Waals surface area contributed by atoms with Crippen molar-refractivity contribution in [2.45, 2.75) is 29.7 Å². The van der Waals surface area contributed by atoms with Gasteiger partial charge in [0, 0.05) is 11.7 Å². The minimum Gasteiger partial charge on any atom is -0.480 e. The summed E-state index contributed by atoms with van der Waals surface area (Å²) in [5, 5.41) is 15.4. The molecule has 5 aromatic rings. The third-order valence-corrected chi connectivity index (χ3v) is 10.3. The van der Waals surface area contributed by atoms with Crippen molar-refractivity contribution in [3.8, 4) is 11.1 Å². The standard InChI is InChI=1S/C40H36N2O5S/c1-27(41-39(46)47-25-35-33-23-13-11-21-31(33)32-22-12-14-24-34(32)35)37(43)42-36(38(44)45)26-48-40(28-15-5-2-6-16-28,29-17-7-3-8-18-29)30-19-9-4-10-20-30/h2-24,27,35-36H,25-26H2,1H3,(H,41,46)(H,42,43)(H,44,45)/t27-,36-/m0/s1. The number of nitrogens with one attached hydrogen (secondary N) is 2. The Labute approximate surface area is 284 Å². The van der Waals surface area contributed by atoms with E-state index in [9.17, 15) is 19.5 Å². The molecule has 6 rings (SSSR count). The van der Waals surface area contributed by atoms with Crippen LogP contribution >= 0.6 is 11.8 Å². The number of thioether (sulfide) groups is 1. The zero-order chi connectivity index (χ0) is 33.5. The Balaban J connectivity index is 1.14. The molecule has 242 valence electrons. The fourth-order valence-corrected chi connectivity index (χ4v) is 7.88. The van der Waals surface area contributed by atoms with Crippen molar-refractivity contribution in [2.75, 3.05) is 12.4 Å². The third-order valence-electron chi connectivity index (χ3n) is 8.69. The van der Waals surface area contributed by atoms with Gasteiger partial charge in [0.05, 0.1) is 4.75 Å². The van der Waals surface area contributed by atoms with E-state index in [0.29, 0.717) is 0 Å². The highest BCUT2D eigenvalue weighted by molar-refractivity contribution is 8.00. The third kappa shape index (κ3) is 6.71. The molecular formula is C40H36N2O5S. The quantitative estimate of drug-likeness (QED) is 0.123. The molecule has 1 aliphatic carbocycles. The molecule has 0 unspecified atom stereocenters. The molecule has 8 heteroatoms. The van der Waals surface area contributed by atoms with Gasteiger partial charge in [0.25, 0.3) is 0 Å². The van der Waals surface area contributed by atoms with E-state index in [4.69, 9.17) is 4.74 Å². The highest BCUT2D eigenvalue weighted by atomic mass is 32.2. The number of aliphatic carboxylic acids is 1. The van der Waals surface area contributed by atoms with Crippen LogP contribution in [0, 0.1) is 0 Å². The van der Waals surface area contributed by atoms with Gasteiger partial charge in [0.15, 0.2) is 0 Å². The van der Waals surface area contributed by atoms with Crippen LogP contribution in [0.25, 0.3) is 11.1 Å². The predicted molar refractivity (Wildman–Crippen MR) is 189 cm³/mol. The Morgan fingerprint density at radius 3 is 1.58 bits per heavy atom. The number of rotatable bonds is 12. The Hall–Kier alpha value is -5.34. The van der Waals surface area contributed by atoms with Gasteiger partial charge in [0.1, 0.15) is 18.7 Å². The van der Waals surface area contributed by atoms with Crippen LogP contribution in [0.2, 0.25) is 0 Å². The van der Waals surface area contributed by atoms with Crippen molar-refractivity contribution in [1.82, 2.24) is 10.6 Å². The number of benzene rings is 5. The van der Waals surface area contributed by atoms with E-state index in [-0.39, 0.29) is 18.3 Å². The molecule has 0 fully saturated rings. The predicted octanol–water partition coefficient (Wildman–Crippen LogP) is 7.21. The van der Waals surface area contributed by atoms with Gasteiger partial charge in [-0.25, -0.2) is 9.59 Å². The maximum absolute atomic E-state index is 13.3. The highest BCUT2D eigenvalue weighted by Gasteiger charge is 2.39. The first kappa shape index (κ1) is 32.6. The van der Waals surface area contributed by atoms with E-state index < -0.39 is 34.8 Å². The Morgan fingerprint density at radius 1 is 0.688 bits per heavy atom. The summed E-state index contributed by atoms with van der Waals surface area (Å²) in [7, 11) is 0. The molecule has 0 aliphatic heterocycles. The topological polar surface area (TPSA) is 105 Å². The summed E-state index contributed by atoms with van der Waals surface area (Å²) in [6, 6.07) is 43.6. The fourth-order valence-electron chi connectivity index (χ4n) is 6.33. The van der Waals surface area contributed by atoms with E-state index in [0.717, 1.165) is 38.9 Å². The lowest BCUT2D eigenvalue weighted by Crippen LogP contribution is -2.51. The maximum Gasteiger partial charge on any atom is 0.407 e. The van der Waals surface area contributed by atoms with Gasteiger partial charge in [-0.05, 0) is 45.9 Å². The number of ether oxygens (including phenoxy) is 1. The minimum absolute atomic E-state index is 0.0530. The largest absolute Gasteiger partial charge is 0.480 e. The van der Waals surface area contributed by atoms with Crippen LogP contribution in [-0.4, -0.2) is 47.5 Å². The van der Waals surface area contributed by atoms with Gasteiger partial charge in [0.2, 0.25) is 5.91 Å². The van der Waals surface area contributed by atoms with Gasteiger partial charge in [-0.3, -0.25) is 4.79 Å². The molecule has 0 saturated heterocycles. The summed E-state index contributed by atoms with van der Waals surface area (Å²) in [5.74, 6) is -1.87. The molecule has 0 aromatic heterocycles. The summed E-state index contributed by atoms with van der Waals surface area (Å²) in [4.78, 5) is 38.6. The van der Waals surface area contributed by atoms with Gasteiger partial charge in [-0.1, -0.05) is 140 Å². The average molecular weight is 657 g/mol. The summed E-state index contributed by atoms with van der Waals surface area (Å²) in [6.45, 7) is 1.61. The molecule has 0 heterocycles. The first-order chi connectivity index (χ1) is 23.4. The summed E-state index contributed by atoms with van der Waals surface area (Å²) in [5.41, 5.74) is 7.33. The molecule has 5 aromatic carbocycles. The molecule has 48 heavy (non-hydrogen) atoms. The number of hydrogen-bond donors (Lipinski definition) is 3. The summed E-state index contributed by atoms with van der Waals surface area (Å²) < 4.78 is 4.85. The van der Waals surface area contributed by atoms with E-state index >= 15 is 0 Å². The molecule has 2 amide bonds. The van der Waals surface area contributed by atoms with Crippen LogP contribution in [0.3, 0.4) is 0 Å². The van der Waals surface area contributed by atoms with Crippen molar-refractivity contribution in [2.24, 2.45) is 0 Å². The Bertz CT molecular complexity index is 1740. The van der Waals surface area contributed by atoms with Crippen molar-refractivity contribution < 1.29 is 24.2 Å². The second-order valence-corrected chi connectivity index (χ2v) is 12.9. The molecule has 2 atom stereocenters. The fraction of sp³-hybridized carbons (Fsp3) is 0.175.